The lowest BCUT2D eigenvalue weighted by atomic mass is 9.85. The van der Waals surface area contributed by atoms with Crippen molar-refractivity contribution in [2.75, 3.05) is 13.2 Å². The monoisotopic (exact) mass is 546 g/mol. The van der Waals surface area contributed by atoms with Gasteiger partial charge in [0.15, 0.2) is 35.2 Å². The second-order valence-corrected chi connectivity index (χ2v) is 9.77. The van der Waals surface area contributed by atoms with E-state index in [0.29, 0.717) is 43.7 Å². The first-order valence-electron chi connectivity index (χ1n) is 12.6. The highest BCUT2D eigenvalue weighted by Gasteiger charge is 2.41. The number of alkyl halides is 3. The number of benzene rings is 2. The van der Waals surface area contributed by atoms with Gasteiger partial charge in [0.1, 0.15) is 5.56 Å². The highest BCUT2D eigenvalue weighted by molar-refractivity contribution is 5.67. The Morgan fingerprint density at radius 3 is 2.26 bits per heavy atom. The zero-order chi connectivity index (χ0) is 27.7. The molecule has 1 aliphatic carbocycles. The van der Waals surface area contributed by atoms with Crippen LogP contribution in [0.4, 0.5) is 30.7 Å². The van der Waals surface area contributed by atoms with Crippen molar-refractivity contribution < 1.29 is 44.9 Å². The van der Waals surface area contributed by atoms with E-state index in [1.807, 2.05) is 6.92 Å². The predicted molar refractivity (Wildman–Crippen MR) is 126 cm³/mol. The standard InChI is InChI=1S/C28H29F7O3/c1-3-13-27(33)14-36-26(37-15-27)18-7-5-17(6-8-18)19-10-12-21(25(32)23(19)30)38-28(34,35)20-11-9-16(4-2)22(29)24(20)31/h5,9-12,18,26H,3-4,6-8,13-15H2,1-2H3. The Bertz CT molecular complexity index is 1190. The van der Waals surface area contributed by atoms with Gasteiger partial charge in [0.2, 0.25) is 5.82 Å². The zero-order valence-corrected chi connectivity index (χ0v) is 21.1. The molecule has 208 valence electrons. The van der Waals surface area contributed by atoms with Crippen LogP contribution in [-0.4, -0.2) is 25.2 Å². The Hall–Kier alpha value is -2.59. The van der Waals surface area contributed by atoms with Gasteiger partial charge in [-0.25, -0.2) is 17.6 Å². The van der Waals surface area contributed by atoms with Crippen molar-refractivity contribution in [2.24, 2.45) is 5.92 Å². The second-order valence-electron chi connectivity index (χ2n) is 9.77. The third-order valence-corrected chi connectivity index (χ3v) is 7.03. The molecule has 38 heavy (non-hydrogen) atoms. The summed E-state index contributed by atoms with van der Waals surface area (Å²) >= 11 is 0. The van der Waals surface area contributed by atoms with Crippen LogP contribution in [0.5, 0.6) is 5.75 Å². The number of allylic oxidation sites excluding steroid dienone is 2. The lowest BCUT2D eigenvalue weighted by molar-refractivity contribution is -0.254. The number of hydrogen-bond acceptors (Lipinski definition) is 3. The van der Waals surface area contributed by atoms with Crippen LogP contribution in [-0.2, 0) is 22.0 Å². The van der Waals surface area contributed by atoms with E-state index in [2.05, 4.69) is 4.74 Å². The molecule has 3 nitrogen and oxygen atoms in total. The summed E-state index contributed by atoms with van der Waals surface area (Å²) in [6, 6.07) is 3.56. The molecule has 2 aromatic rings. The van der Waals surface area contributed by atoms with Crippen LogP contribution in [0, 0.1) is 29.2 Å². The molecular weight excluding hydrogens is 517 g/mol. The Kier molecular flexibility index (Phi) is 8.42. The smallest absolute Gasteiger partial charge is 0.426 e. The van der Waals surface area contributed by atoms with Crippen molar-refractivity contribution in [1.29, 1.82) is 0 Å². The molecule has 2 aromatic carbocycles. The van der Waals surface area contributed by atoms with Crippen molar-refractivity contribution >= 4 is 5.57 Å². The van der Waals surface area contributed by atoms with E-state index >= 15 is 0 Å². The molecule has 0 spiro atoms. The minimum absolute atomic E-state index is 0.0657. The normalized spacial score (nSPS) is 24.3. The molecule has 0 aromatic heterocycles. The van der Waals surface area contributed by atoms with E-state index in [0.717, 1.165) is 18.2 Å². The Labute approximate surface area is 216 Å². The minimum atomic E-state index is -4.46. The molecule has 0 radical (unpaired) electrons. The first-order valence-corrected chi connectivity index (χ1v) is 12.6. The average Bonchev–Trinajstić information content (AvgIpc) is 2.89. The van der Waals surface area contributed by atoms with Crippen LogP contribution in [0.25, 0.3) is 5.57 Å². The fourth-order valence-electron chi connectivity index (χ4n) is 4.90. The van der Waals surface area contributed by atoms with Gasteiger partial charge in [0.05, 0.1) is 13.2 Å². The molecule has 1 atom stereocenters. The van der Waals surface area contributed by atoms with Crippen LogP contribution in [0.2, 0.25) is 0 Å². The van der Waals surface area contributed by atoms with Gasteiger partial charge in [-0.2, -0.15) is 13.2 Å². The number of aryl methyl sites for hydroxylation is 1. The second kappa shape index (κ2) is 11.3. The highest BCUT2D eigenvalue weighted by atomic mass is 19.3. The van der Waals surface area contributed by atoms with Gasteiger partial charge in [0, 0.05) is 11.5 Å². The summed E-state index contributed by atoms with van der Waals surface area (Å²) in [6.07, 6.45) is -1.08. The Balaban J connectivity index is 1.46. The molecule has 0 amide bonds. The number of rotatable bonds is 8. The summed E-state index contributed by atoms with van der Waals surface area (Å²) in [5, 5.41) is 0. The van der Waals surface area contributed by atoms with E-state index in [9.17, 15) is 30.7 Å². The first-order chi connectivity index (χ1) is 18.0. The lowest BCUT2D eigenvalue weighted by Gasteiger charge is -2.38. The molecule has 0 bridgehead atoms. The van der Waals surface area contributed by atoms with Gasteiger partial charge in [-0.05, 0) is 61.4 Å². The highest BCUT2D eigenvalue weighted by Crippen LogP contribution is 2.40. The predicted octanol–water partition coefficient (Wildman–Crippen LogP) is 8.00. The van der Waals surface area contributed by atoms with E-state index < -0.39 is 52.6 Å². The fourth-order valence-corrected chi connectivity index (χ4v) is 4.90. The summed E-state index contributed by atoms with van der Waals surface area (Å²) in [7, 11) is 0. The van der Waals surface area contributed by atoms with Crippen molar-refractivity contribution in [1.82, 2.24) is 0 Å². The summed E-state index contributed by atoms with van der Waals surface area (Å²) in [5.41, 5.74) is -2.72. The zero-order valence-electron chi connectivity index (χ0n) is 21.1. The van der Waals surface area contributed by atoms with Crippen LogP contribution in [0.15, 0.2) is 30.3 Å². The molecule has 2 aliphatic rings. The lowest BCUT2D eigenvalue weighted by Crippen LogP contribution is -2.46. The molecule has 1 saturated heterocycles. The molecule has 1 fully saturated rings. The summed E-state index contributed by atoms with van der Waals surface area (Å²) < 4.78 is 117. The van der Waals surface area contributed by atoms with Gasteiger partial charge in [0.25, 0.3) is 0 Å². The first kappa shape index (κ1) is 28.4. The number of halogens is 7. The molecule has 1 aliphatic heterocycles. The van der Waals surface area contributed by atoms with Gasteiger partial charge in [-0.1, -0.05) is 32.4 Å². The maximum atomic E-state index is 14.9. The molecule has 0 N–H and O–H groups in total. The Morgan fingerprint density at radius 2 is 1.66 bits per heavy atom. The largest absolute Gasteiger partial charge is 0.429 e. The van der Waals surface area contributed by atoms with Gasteiger partial charge < -0.3 is 14.2 Å². The molecule has 0 saturated carbocycles. The number of hydrogen-bond donors (Lipinski definition) is 0. The fraction of sp³-hybridized carbons (Fsp3) is 0.500. The third kappa shape index (κ3) is 5.71. The SMILES string of the molecule is CCCC1(F)COC(C2CC=C(c3ccc(OC(F)(F)c4ccc(CC)c(F)c4F)c(F)c3F)CC2)OC1. The third-order valence-electron chi connectivity index (χ3n) is 7.03. The average molecular weight is 547 g/mol. The minimum Gasteiger partial charge on any atom is -0.426 e. The van der Waals surface area contributed by atoms with Crippen molar-refractivity contribution in [3.63, 3.8) is 0 Å². The van der Waals surface area contributed by atoms with E-state index in [1.54, 1.807) is 6.08 Å². The summed E-state index contributed by atoms with van der Waals surface area (Å²) in [5.74, 6) is -7.59. The van der Waals surface area contributed by atoms with Crippen LogP contribution in [0.3, 0.4) is 0 Å². The molecule has 1 heterocycles. The van der Waals surface area contributed by atoms with Crippen LogP contribution >= 0.6 is 0 Å². The topological polar surface area (TPSA) is 27.7 Å². The van der Waals surface area contributed by atoms with Crippen LogP contribution in [0.1, 0.15) is 62.6 Å². The molecule has 4 rings (SSSR count). The van der Waals surface area contributed by atoms with Crippen LogP contribution < -0.4 is 4.74 Å². The van der Waals surface area contributed by atoms with Crippen molar-refractivity contribution in [2.45, 2.75) is 70.4 Å². The maximum absolute atomic E-state index is 14.9. The van der Waals surface area contributed by atoms with Crippen molar-refractivity contribution in [3.05, 3.63) is 70.3 Å². The summed E-state index contributed by atoms with van der Waals surface area (Å²) in [6.45, 7) is 3.26. The van der Waals surface area contributed by atoms with Gasteiger partial charge >= 0.3 is 6.11 Å². The van der Waals surface area contributed by atoms with Crippen molar-refractivity contribution in [3.8, 4) is 5.75 Å². The van der Waals surface area contributed by atoms with E-state index in [-0.39, 0.29) is 36.7 Å². The quantitative estimate of drug-likeness (QED) is 0.314. The van der Waals surface area contributed by atoms with Gasteiger partial charge in [-0.15, -0.1) is 0 Å². The molecule has 10 heteroatoms. The van der Waals surface area contributed by atoms with E-state index in [4.69, 9.17) is 9.47 Å². The van der Waals surface area contributed by atoms with Gasteiger partial charge in [-0.3, -0.25) is 0 Å². The maximum Gasteiger partial charge on any atom is 0.429 e. The van der Waals surface area contributed by atoms with E-state index in [1.165, 1.54) is 6.92 Å². The molecule has 1 unspecified atom stereocenters. The Morgan fingerprint density at radius 1 is 0.947 bits per heavy atom. The molecular formula is C28H29F7O3. The number of ether oxygens (including phenoxy) is 3. The summed E-state index contributed by atoms with van der Waals surface area (Å²) in [4.78, 5) is 0.